The van der Waals surface area contributed by atoms with Crippen molar-refractivity contribution in [1.29, 1.82) is 0 Å². The number of aliphatic imine (C=N–C) groups is 1. The van der Waals surface area contributed by atoms with Crippen LogP contribution in [0.15, 0.2) is 35.3 Å². The SMILES string of the molecule is CCNC(=NCC(c1ccccc1)N1CCCC1)NCCC1CCCO1.I. The molecule has 2 heterocycles. The van der Waals surface area contributed by atoms with Gasteiger partial charge in [-0.1, -0.05) is 30.3 Å². The number of rotatable bonds is 8. The highest BCUT2D eigenvalue weighted by Gasteiger charge is 2.23. The fourth-order valence-corrected chi connectivity index (χ4v) is 3.90. The van der Waals surface area contributed by atoms with Crippen LogP contribution in [0.25, 0.3) is 0 Å². The highest BCUT2D eigenvalue weighted by Crippen LogP contribution is 2.25. The van der Waals surface area contributed by atoms with Crippen molar-refractivity contribution in [3.05, 3.63) is 35.9 Å². The summed E-state index contributed by atoms with van der Waals surface area (Å²) in [7, 11) is 0. The molecule has 1 aromatic carbocycles. The monoisotopic (exact) mass is 486 g/mol. The highest BCUT2D eigenvalue weighted by molar-refractivity contribution is 14.0. The summed E-state index contributed by atoms with van der Waals surface area (Å²) in [6, 6.07) is 11.2. The molecule has 0 radical (unpaired) electrons. The lowest BCUT2D eigenvalue weighted by atomic mass is 10.1. The van der Waals surface area contributed by atoms with E-state index in [1.54, 1.807) is 0 Å². The van der Waals surface area contributed by atoms with Crippen LogP contribution in [0.5, 0.6) is 0 Å². The Hall–Kier alpha value is -0.860. The summed E-state index contributed by atoms with van der Waals surface area (Å²) in [6.07, 6.45) is 6.47. The summed E-state index contributed by atoms with van der Waals surface area (Å²) in [4.78, 5) is 7.49. The van der Waals surface area contributed by atoms with E-state index in [0.29, 0.717) is 12.1 Å². The zero-order valence-electron chi connectivity index (χ0n) is 16.5. The fraction of sp³-hybridized carbons (Fsp3) is 0.667. The molecule has 2 aliphatic rings. The van der Waals surface area contributed by atoms with Crippen LogP contribution in [-0.2, 0) is 4.74 Å². The Morgan fingerprint density at radius 1 is 1.19 bits per heavy atom. The number of nitrogens with zero attached hydrogens (tertiary/aromatic N) is 2. The van der Waals surface area contributed by atoms with E-state index < -0.39 is 0 Å². The van der Waals surface area contributed by atoms with Crippen LogP contribution in [0.4, 0.5) is 0 Å². The Morgan fingerprint density at radius 2 is 1.96 bits per heavy atom. The minimum absolute atomic E-state index is 0. The molecular weight excluding hydrogens is 451 g/mol. The molecule has 0 saturated carbocycles. The molecule has 2 atom stereocenters. The van der Waals surface area contributed by atoms with Gasteiger partial charge in [0, 0.05) is 19.7 Å². The van der Waals surface area contributed by atoms with Gasteiger partial charge in [0.1, 0.15) is 0 Å². The Balaban J connectivity index is 0.00000261. The van der Waals surface area contributed by atoms with E-state index in [0.717, 1.165) is 38.6 Å². The van der Waals surface area contributed by atoms with Crippen molar-refractivity contribution < 1.29 is 4.74 Å². The van der Waals surface area contributed by atoms with Gasteiger partial charge in [-0.25, -0.2) is 0 Å². The Morgan fingerprint density at radius 3 is 2.63 bits per heavy atom. The molecule has 2 N–H and O–H groups in total. The molecule has 0 bridgehead atoms. The van der Waals surface area contributed by atoms with Crippen molar-refractivity contribution in [1.82, 2.24) is 15.5 Å². The molecule has 27 heavy (non-hydrogen) atoms. The van der Waals surface area contributed by atoms with Gasteiger partial charge in [-0.15, -0.1) is 24.0 Å². The predicted octanol–water partition coefficient (Wildman–Crippen LogP) is 3.57. The Bertz CT molecular complexity index is 542. The fourth-order valence-electron chi connectivity index (χ4n) is 3.90. The first-order chi connectivity index (χ1) is 12.9. The first-order valence-electron chi connectivity index (χ1n) is 10.3. The summed E-state index contributed by atoms with van der Waals surface area (Å²) in [5.41, 5.74) is 1.37. The van der Waals surface area contributed by atoms with Gasteiger partial charge in [-0.3, -0.25) is 9.89 Å². The largest absolute Gasteiger partial charge is 0.378 e. The van der Waals surface area contributed by atoms with Gasteiger partial charge in [0.2, 0.25) is 0 Å². The summed E-state index contributed by atoms with van der Waals surface area (Å²) in [5.74, 6) is 0.922. The number of ether oxygens (including phenoxy) is 1. The van der Waals surface area contributed by atoms with Crippen molar-refractivity contribution >= 4 is 29.9 Å². The first kappa shape index (κ1) is 22.4. The van der Waals surface area contributed by atoms with Crippen LogP contribution in [0.3, 0.4) is 0 Å². The van der Waals surface area contributed by atoms with Gasteiger partial charge in [-0.2, -0.15) is 0 Å². The van der Waals surface area contributed by atoms with E-state index in [-0.39, 0.29) is 24.0 Å². The van der Waals surface area contributed by atoms with Crippen molar-refractivity contribution in [2.24, 2.45) is 4.99 Å². The molecule has 0 aliphatic carbocycles. The van der Waals surface area contributed by atoms with Gasteiger partial charge in [0.15, 0.2) is 5.96 Å². The molecule has 0 amide bonds. The molecule has 152 valence electrons. The number of benzene rings is 1. The second kappa shape index (κ2) is 12.6. The molecule has 2 aliphatic heterocycles. The molecule has 2 unspecified atom stereocenters. The Labute approximate surface area is 181 Å². The number of halogens is 1. The summed E-state index contributed by atoms with van der Waals surface area (Å²) in [6.45, 7) is 7.98. The summed E-state index contributed by atoms with van der Waals surface area (Å²) in [5, 5.41) is 6.87. The van der Waals surface area contributed by atoms with Crippen LogP contribution in [0, 0.1) is 0 Å². The smallest absolute Gasteiger partial charge is 0.191 e. The lowest BCUT2D eigenvalue weighted by Crippen LogP contribution is -2.39. The second-order valence-corrected chi connectivity index (χ2v) is 7.24. The highest BCUT2D eigenvalue weighted by atomic mass is 127. The van der Waals surface area contributed by atoms with Crippen LogP contribution < -0.4 is 10.6 Å². The van der Waals surface area contributed by atoms with E-state index >= 15 is 0 Å². The average Bonchev–Trinajstić information content (AvgIpc) is 3.37. The second-order valence-electron chi connectivity index (χ2n) is 7.24. The molecular formula is C21H35IN4O. The number of nitrogens with one attached hydrogen (secondary N) is 2. The van der Waals surface area contributed by atoms with Gasteiger partial charge < -0.3 is 15.4 Å². The molecule has 5 nitrogen and oxygen atoms in total. The zero-order chi connectivity index (χ0) is 18.0. The molecule has 2 fully saturated rings. The first-order valence-corrected chi connectivity index (χ1v) is 10.3. The van der Waals surface area contributed by atoms with E-state index in [9.17, 15) is 0 Å². The van der Waals surface area contributed by atoms with Crippen molar-refractivity contribution in [3.63, 3.8) is 0 Å². The number of hydrogen-bond acceptors (Lipinski definition) is 3. The van der Waals surface area contributed by atoms with Crippen LogP contribution in [-0.4, -0.2) is 56.3 Å². The molecule has 1 aromatic rings. The van der Waals surface area contributed by atoms with Crippen LogP contribution in [0.1, 0.15) is 50.6 Å². The molecule has 0 aromatic heterocycles. The van der Waals surface area contributed by atoms with E-state index in [2.05, 4.69) is 52.8 Å². The minimum atomic E-state index is 0. The zero-order valence-corrected chi connectivity index (χ0v) is 18.9. The van der Waals surface area contributed by atoms with E-state index in [4.69, 9.17) is 9.73 Å². The van der Waals surface area contributed by atoms with E-state index in [1.165, 1.54) is 44.3 Å². The minimum Gasteiger partial charge on any atom is -0.378 e. The number of hydrogen-bond donors (Lipinski definition) is 2. The normalized spacial score (nSPS) is 21.7. The van der Waals surface area contributed by atoms with Crippen molar-refractivity contribution in [2.45, 2.75) is 51.2 Å². The summed E-state index contributed by atoms with van der Waals surface area (Å²) < 4.78 is 5.71. The lowest BCUT2D eigenvalue weighted by molar-refractivity contribution is 0.105. The maximum atomic E-state index is 5.71. The van der Waals surface area contributed by atoms with Gasteiger partial charge in [-0.05, 0) is 57.7 Å². The molecule has 0 spiro atoms. The van der Waals surface area contributed by atoms with Crippen LogP contribution in [0.2, 0.25) is 0 Å². The third-order valence-electron chi connectivity index (χ3n) is 5.32. The van der Waals surface area contributed by atoms with Gasteiger partial charge >= 0.3 is 0 Å². The topological polar surface area (TPSA) is 48.9 Å². The summed E-state index contributed by atoms with van der Waals surface area (Å²) >= 11 is 0. The van der Waals surface area contributed by atoms with Gasteiger partial charge in [0.25, 0.3) is 0 Å². The van der Waals surface area contributed by atoms with E-state index in [1.807, 2.05) is 0 Å². The molecule has 3 rings (SSSR count). The van der Waals surface area contributed by atoms with Crippen molar-refractivity contribution in [3.8, 4) is 0 Å². The van der Waals surface area contributed by atoms with Crippen molar-refractivity contribution in [2.75, 3.05) is 39.3 Å². The third kappa shape index (κ3) is 7.23. The molecule has 6 heteroatoms. The van der Waals surface area contributed by atoms with Gasteiger partial charge in [0.05, 0.1) is 18.7 Å². The maximum absolute atomic E-state index is 5.71. The Kier molecular flexibility index (Phi) is 10.4. The predicted molar refractivity (Wildman–Crippen MR) is 123 cm³/mol. The quantitative estimate of drug-likeness (QED) is 0.335. The lowest BCUT2D eigenvalue weighted by Gasteiger charge is -2.27. The van der Waals surface area contributed by atoms with Crippen LogP contribution >= 0.6 is 24.0 Å². The standard InChI is InChI=1S/C21H34N4O.HI/c1-2-22-21(23-13-12-19-11-8-16-26-19)24-17-20(25-14-6-7-15-25)18-9-4-3-5-10-18;/h3-5,9-10,19-20H,2,6-8,11-17H2,1H3,(H2,22,23,24);1H. The number of guanidine groups is 1. The average molecular weight is 486 g/mol. The maximum Gasteiger partial charge on any atom is 0.191 e. The number of likely N-dealkylation sites (tertiary alicyclic amines) is 1. The molecule has 2 saturated heterocycles. The third-order valence-corrected chi connectivity index (χ3v) is 5.32.